The number of para-hydroxylation sites is 1. The van der Waals surface area contributed by atoms with Gasteiger partial charge in [-0.15, -0.1) is 0 Å². The highest BCUT2D eigenvalue weighted by Crippen LogP contribution is 2.45. The number of anilines is 1. The summed E-state index contributed by atoms with van der Waals surface area (Å²) in [5, 5.41) is 4.00. The Kier molecular flexibility index (Phi) is 3.53. The van der Waals surface area contributed by atoms with Crippen LogP contribution >= 0.6 is 0 Å². The van der Waals surface area contributed by atoms with Crippen molar-refractivity contribution in [1.29, 1.82) is 0 Å². The molecule has 1 fully saturated rings. The molecule has 0 spiro atoms. The quantitative estimate of drug-likeness (QED) is 0.775. The molecule has 1 aliphatic rings. The van der Waals surface area contributed by atoms with Crippen molar-refractivity contribution >= 4 is 22.5 Å². The van der Waals surface area contributed by atoms with Crippen LogP contribution in [0.25, 0.3) is 10.9 Å². The molecule has 24 heavy (non-hydrogen) atoms. The Hall–Kier alpha value is -2.75. The fourth-order valence-electron chi connectivity index (χ4n) is 3.41. The molecule has 3 aromatic rings. The van der Waals surface area contributed by atoms with Gasteiger partial charge in [-0.3, -0.25) is 9.78 Å². The zero-order valence-electron chi connectivity index (χ0n) is 13.1. The van der Waals surface area contributed by atoms with Crippen molar-refractivity contribution in [2.45, 2.75) is 24.7 Å². The Balaban J connectivity index is 1.70. The molecule has 4 rings (SSSR count). The normalized spacial score (nSPS) is 15.7. The third-order valence-electron chi connectivity index (χ3n) is 4.90. The van der Waals surface area contributed by atoms with Crippen molar-refractivity contribution in [2.24, 2.45) is 0 Å². The number of hydrogen-bond acceptors (Lipinski definition) is 2. The molecular weight excluding hydrogens is 303 g/mol. The van der Waals surface area contributed by atoms with E-state index in [9.17, 15) is 9.18 Å². The first-order valence-electron chi connectivity index (χ1n) is 8.10. The molecule has 2 aromatic carbocycles. The molecule has 4 heteroatoms. The second-order valence-corrected chi connectivity index (χ2v) is 6.28. The maximum Gasteiger partial charge on any atom is 0.235 e. The monoisotopic (exact) mass is 320 g/mol. The number of aromatic nitrogens is 1. The van der Waals surface area contributed by atoms with E-state index < -0.39 is 5.41 Å². The summed E-state index contributed by atoms with van der Waals surface area (Å²) in [6.45, 7) is 0. The molecule has 0 atom stereocenters. The van der Waals surface area contributed by atoms with Gasteiger partial charge in [-0.2, -0.15) is 0 Å². The fourth-order valence-corrected chi connectivity index (χ4v) is 3.41. The number of fused-ring (bicyclic) bond motifs is 1. The van der Waals surface area contributed by atoms with Gasteiger partial charge in [-0.1, -0.05) is 36.8 Å². The summed E-state index contributed by atoms with van der Waals surface area (Å²) >= 11 is 0. The van der Waals surface area contributed by atoms with E-state index in [4.69, 9.17) is 0 Å². The summed E-state index contributed by atoms with van der Waals surface area (Å²) in [4.78, 5) is 17.4. The van der Waals surface area contributed by atoms with E-state index in [0.29, 0.717) is 5.69 Å². The predicted molar refractivity (Wildman–Crippen MR) is 92.3 cm³/mol. The highest BCUT2D eigenvalue weighted by molar-refractivity contribution is 6.05. The van der Waals surface area contributed by atoms with Crippen LogP contribution < -0.4 is 5.32 Å². The Morgan fingerprint density at radius 2 is 1.88 bits per heavy atom. The number of pyridine rings is 1. The first kappa shape index (κ1) is 14.8. The van der Waals surface area contributed by atoms with Gasteiger partial charge in [-0.25, -0.2) is 4.39 Å². The molecule has 1 amide bonds. The molecule has 1 saturated carbocycles. The lowest BCUT2D eigenvalue weighted by Crippen LogP contribution is -2.46. The number of hydrogen-bond donors (Lipinski definition) is 1. The number of halogens is 1. The van der Waals surface area contributed by atoms with E-state index in [1.54, 1.807) is 12.3 Å². The van der Waals surface area contributed by atoms with Crippen LogP contribution in [0.4, 0.5) is 10.1 Å². The summed E-state index contributed by atoms with van der Waals surface area (Å²) in [5.74, 6) is -0.393. The Morgan fingerprint density at radius 1 is 1.08 bits per heavy atom. The number of nitrogens with zero attached hydrogens (tertiary/aromatic N) is 1. The SMILES string of the molecule is O=C(Nc1cccc2cccnc12)C1(c2cccc(F)c2)CCC1. The van der Waals surface area contributed by atoms with Gasteiger partial charge in [0, 0.05) is 11.6 Å². The van der Waals surface area contributed by atoms with Crippen LogP contribution in [0.5, 0.6) is 0 Å². The number of rotatable bonds is 3. The van der Waals surface area contributed by atoms with Gasteiger partial charge in [-0.05, 0) is 42.7 Å². The maximum absolute atomic E-state index is 13.6. The molecule has 0 aliphatic heterocycles. The van der Waals surface area contributed by atoms with Crippen LogP contribution in [0.1, 0.15) is 24.8 Å². The molecule has 1 heterocycles. The van der Waals surface area contributed by atoms with Gasteiger partial charge < -0.3 is 5.32 Å². The van der Waals surface area contributed by atoms with Gasteiger partial charge in [0.1, 0.15) is 5.82 Å². The smallest absolute Gasteiger partial charge is 0.235 e. The summed E-state index contributed by atoms with van der Waals surface area (Å²) in [5.41, 5.74) is 1.57. The average Bonchev–Trinajstić information content (AvgIpc) is 2.54. The number of benzene rings is 2. The molecule has 3 nitrogen and oxygen atoms in total. The fraction of sp³-hybridized carbons (Fsp3) is 0.200. The number of amides is 1. The molecule has 0 bridgehead atoms. The first-order chi connectivity index (χ1) is 11.7. The third kappa shape index (κ3) is 2.35. The Labute approximate surface area is 139 Å². The van der Waals surface area contributed by atoms with Crippen LogP contribution in [0.15, 0.2) is 60.8 Å². The van der Waals surface area contributed by atoms with Crippen LogP contribution in [-0.4, -0.2) is 10.9 Å². The van der Waals surface area contributed by atoms with Crippen LogP contribution in [0.2, 0.25) is 0 Å². The van der Waals surface area contributed by atoms with Crippen molar-refractivity contribution in [3.05, 3.63) is 72.2 Å². The van der Waals surface area contributed by atoms with Gasteiger partial charge in [0.15, 0.2) is 0 Å². The highest BCUT2D eigenvalue weighted by atomic mass is 19.1. The molecule has 0 saturated heterocycles. The minimum Gasteiger partial charge on any atom is -0.323 e. The number of carbonyl (C=O) groups excluding carboxylic acids is 1. The highest BCUT2D eigenvalue weighted by Gasteiger charge is 2.45. The molecule has 0 radical (unpaired) electrons. The molecular formula is C20H17FN2O. The van der Waals surface area contributed by atoms with E-state index in [1.165, 1.54) is 12.1 Å². The second kappa shape index (κ2) is 5.71. The zero-order valence-corrected chi connectivity index (χ0v) is 13.1. The zero-order chi connectivity index (χ0) is 16.6. The average molecular weight is 320 g/mol. The minimum absolute atomic E-state index is 0.0856. The summed E-state index contributed by atoms with van der Waals surface area (Å²) in [6.07, 6.45) is 4.16. The van der Waals surface area contributed by atoms with Crippen molar-refractivity contribution in [2.75, 3.05) is 5.32 Å². The molecule has 1 aliphatic carbocycles. The Bertz CT molecular complexity index is 913. The minimum atomic E-state index is -0.640. The van der Waals surface area contributed by atoms with E-state index in [-0.39, 0.29) is 11.7 Å². The van der Waals surface area contributed by atoms with Crippen LogP contribution in [-0.2, 0) is 10.2 Å². The molecule has 1 aromatic heterocycles. The van der Waals surface area contributed by atoms with E-state index >= 15 is 0 Å². The Morgan fingerprint density at radius 3 is 2.62 bits per heavy atom. The van der Waals surface area contributed by atoms with E-state index in [0.717, 1.165) is 35.7 Å². The van der Waals surface area contributed by atoms with Crippen molar-refractivity contribution in [1.82, 2.24) is 4.98 Å². The van der Waals surface area contributed by atoms with Crippen molar-refractivity contribution in [3.8, 4) is 0 Å². The summed E-state index contributed by atoms with van der Waals surface area (Å²) < 4.78 is 13.6. The standard InChI is InChI=1S/C20H17FN2O/c21-16-8-2-7-15(13-16)20(10-4-11-20)19(24)23-17-9-1-5-14-6-3-12-22-18(14)17/h1-3,5-9,12-13H,4,10-11H2,(H,23,24). The van der Waals surface area contributed by atoms with Gasteiger partial charge >= 0.3 is 0 Å². The van der Waals surface area contributed by atoms with E-state index in [2.05, 4.69) is 10.3 Å². The molecule has 120 valence electrons. The topological polar surface area (TPSA) is 42.0 Å². The maximum atomic E-state index is 13.6. The van der Waals surface area contributed by atoms with Crippen molar-refractivity contribution in [3.63, 3.8) is 0 Å². The van der Waals surface area contributed by atoms with Crippen molar-refractivity contribution < 1.29 is 9.18 Å². The molecule has 1 N–H and O–H groups in total. The lowest BCUT2D eigenvalue weighted by atomic mass is 9.63. The number of nitrogens with one attached hydrogen (secondary N) is 1. The first-order valence-corrected chi connectivity index (χ1v) is 8.10. The predicted octanol–water partition coefficient (Wildman–Crippen LogP) is 4.43. The van der Waals surface area contributed by atoms with E-state index in [1.807, 2.05) is 36.4 Å². The van der Waals surface area contributed by atoms with Gasteiger partial charge in [0.05, 0.1) is 16.6 Å². The summed E-state index contributed by atoms with van der Waals surface area (Å²) in [7, 11) is 0. The number of carbonyl (C=O) groups is 1. The third-order valence-corrected chi connectivity index (χ3v) is 4.90. The molecule has 0 unspecified atom stereocenters. The lowest BCUT2D eigenvalue weighted by molar-refractivity contribution is -0.124. The van der Waals surface area contributed by atoms with Gasteiger partial charge in [0.25, 0.3) is 0 Å². The lowest BCUT2D eigenvalue weighted by Gasteiger charge is -2.40. The summed E-state index contributed by atoms with van der Waals surface area (Å²) in [6, 6.07) is 15.9. The largest absolute Gasteiger partial charge is 0.323 e. The van der Waals surface area contributed by atoms with Gasteiger partial charge in [0.2, 0.25) is 5.91 Å². The second-order valence-electron chi connectivity index (χ2n) is 6.28. The van der Waals surface area contributed by atoms with Crippen LogP contribution in [0.3, 0.4) is 0 Å². The van der Waals surface area contributed by atoms with Crippen LogP contribution in [0, 0.1) is 5.82 Å².